The number of hydrogen-bond acceptors (Lipinski definition) is 2. The Kier molecular flexibility index (Phi) is 9.55. The first-order valence-electron chi connectivity index (χ1n) is 12.3. The Balaban J connectivity index is 1.80. The summed E-state index contributed by atoms with van der Waals surface area (Å²) in [6, 6.07) is 21.0. The fraction of sp³-hybridized carbons (Fsp3) is 0.379. The van der Waals surface area contributed by atoms with Crippen LogP contribution in [0.15, 0.2) is 72.9 Å². The lowest BCUT2D eigenvalue weighted by Crippen LogP contribution is -2.47. The van der Waals surface area contributed by atoms with Crippen molar-refractivity contribution in [3.63, 3.8) is 0 Å². The van der Waals surface area contributed by atoms with Crippen molar-refractivity contribution in [1.29, 1.82) is 0 Å². The van der Waals surface area contributed by atoms with E-state index in [0.29, 0.717) is 31.1 Å². The summed E-state index contributed by atoms with van der Waals surface area (Å²) in [7, 11) is 0. The lowest BCUT2D eigenvalue weighted by Gasteiger charge is -2.32. The molecule has 0 saturated heterocycles. The summed E-state index contributed by atoms with van der Waals surface area (Å²) in [6.07, 6.45) is 2.79. The predicted molar refractivity (Wildman–Crippen MR) is 142 cm³/mol. The van der Waals surface area contributed by atoms with Gasteiger partial charge in [-0.1, -0.05) is 68.8 Å². The summed E-state index contributed by atoms with van der Waals surface area (Å²) in [5.41, 5.74) is 2.66. The molecule has 0 radical (unpaired) electrons. The van der Waals surface area contributed by atoms with E-state index in [1.165, 1.54) is 0 Å². The van der Waals surface area contributed by atoms with Gasteiger partial charge in [0.25, 0.3) is 5.91 Å². The molecule has 6 heteroatoms. The maximum Gasteiger partial charge on any atom is 0.254 e. The molecule has 3 rings (SSSR count). The third-order valence-electron chi connectivity index (χ3n) is 6.22. The highest BCUT2D eigenvalue weighted by Crippen LogP contribution is 2.19. The first-order chi connectivity index (χ1) is 16.8. The molecule has 1 atom stereocenters. The number of hydrogen-bond donors (Lipinski definition) is 0. The van der Waals surface area contributed by atoms with Crippen LogP contribution < -0.4 is 0 Å². The highest BCUT2D eigenvalue weighted by molar-refractivity contribution is 6.31. The first-order valence-corrected chi connectivity index (χ1v) is 12.7. The molecule has 2 amide bonds. The predicted octanol–water partition coefficient (Wildman–Crippen LogP) is 6.12. The van der Waals surface area contributed by atoms with Gasteiger partial charge in [0, 0.05) is 41.6 Å². The zero-order valence-electron chi connectivity index (χ0n) is 21.2. The number of carbonyl (C=O) groups excluding carboxylic acids is 2. The van der Waals surface area contributed by atoms with E-state index in [1.807, 2.05) is 79.5 Å². The smallest absolute Gasteiger partial charge is 0.254 e. The summed E-state index contributed by atoms with van der Waals surface area (Å²) < 4.78 is 2.13. The Hall–Kier alpha value is -3.05. The van der Waals surface area contributed by atoms with E-state index in [4.69, 9.17) is 11.6 Å². The maximum atomic E-state index is 13.6. The van der Waals surface area contributed by atoms with E-state index in [-0.39, 0.29) is 24.4 Å². The molecule has 0 N–H and O–H groups in total. The molecule has 1 unspecified atom stereocenters. The van der Waals surface area contributed by atoms with Crippen LogP contribution in [0.2, 0.25) is 5.02 Å². The van der Waals surface area contributed by atoms with E-state index in [0.717, 1.165) is 22.7 Å². The fourth-order valence-electron chi connectivity index (χ4n) is 4.09. The van der Waals surface area contributed by atoms with Crippen LogP contribution in [-0.2, 0) is 17.9 Å². The van der Waals surface area contributed by atoms with Crippen LogP contribution in [0.3, 0.4) is 0 Å². The molecule has 0 fully saturated rings. The molecule has 0 spiro atoms. The second-order valence-electron chi connectivity index (χ2n) is 9.44. The minimum absolute atomic E-state index is 0.0448. The van der Waals surface area contributed by atoms with Crippen LogP contribution in [0.25, 0.3) is 0 Å². The lowest BCUT2D eigenvalue weighted by molar-refractivity contribution is -0.133. The van der Waals surface area contributed by atoms with Gasteiger partial charge in [-0.25, -0.2) is 0 Å². The van der Waals surface area contributed by atoms with Crippen molar-refractivity contribution in [2.24, 2.45) is 5.92 Å². The molecule has 0 saturated carbocycles. The van der Waals surface area contributed by atoms with Gasteiger partial charge in [-0.3, -0.25) is 9.59 Å². The molecule has 5 nitrogen and oxygen atoms in total. The van der Waals surface area contributed by atoms with E-state index < -0.39 is 0 Å². The minimum atomic E-state index is -0.111. The Bertz CT molecular complexity index is 1110. The Morgan fingerprint density at radius 3 is 2.29 bits per heavy atom. The first kappa shape index (κ1) is 26.6. The van der Waals surface area contributed by atoms with Gasteiger partial charge < -0.3 is 14.4 Å². The molecule has 3 aromatic rings. The third-order valence-corrected chi connectivity index (χ3v) is 6.59. The topological polar surface area (TPSA) is 45.6 Å². The summed E-state index contributed by atoms with van der Waals surface area (Å²) in [5.74, 6) is 0.140. The molecule has 1 heterocycles. The largest absolute Gasteiger partial charge is 0.345 e. The maximum absolute atomic E-state index is 13.6. The number of amides is 2. The Morgan fingerprint density at radius 1 is 0.943 bits per heavy atom. The van der Waals surface area contributed by atoms with E-state index >= 15 is 0 Å². The van der Waals surface area contributed by atoms with Crippen molar-refractivity contribution in [1.82, 2.24) is 14.4 Å². The van der Waals surface area contributed by atoms with E-state index in [2.05, 4.69) is 18.4 Å². The minimum Gasteiger partial charge on any atom is -0.345 e. The summed E-state index contributed by atoms with van der Waals surface area (Å²) in [6.45, 7) is 10.0. The quantitative estimate of drug-likeness (QED) is 0.323. The van der Waals surface area contributed by atoms with Crippen molar-refractivity contribution < 1.29 is 9.59 Å². The van der Waals surface area contributed by atoms with Gasteiger partial charge in [0.2, 0.25) is 5.91 Å². The van der Waals surface area contributed by atoms with Crippen molar-refractivity contribution >= 4 is 23.4 Å². The standard InChI is InChI=1S/C29H36ClN3O2/c1-5-23(4)33(29(35)24-12-7-6-8-13-24)21-28(34)32(18-22(2)3)20-26-15-11-17-31(26)19-25-14-9-10-16-27(25)30/h6-17,22-23H,5,18-21H2,1-4H3. The SMILES string of the molecule is CCC(C)N(CC(=O)N(Cc1cccn1Cc1ccccc1Cl)CC(C)C)C(=O)c1ccccc1. The molecule has 186 valence electrons. The highest BCUT2D eigenvalue weighted by atomic mass is 35.5. The van der Waals surface area contributed by atoms with Gasteiger partial charge in [-0.15, -0.1) is 0 Å². The number of carbonyl (C=O) groups is 2. The van der Waals surface area contributed by atoms with Crippen molar-refractivity contribution in [3.8, 4) is 0 Å². The molecule has 0 aliphatic rings. The second-order valence-corrected chi connectivity index (χ2v) is 9.85. The average molecular weight is 494 g/mol. The van der Waals surface area contributed by atoms with Crippen molar-refractivity contribution in [3.05, 3.63) is 94.8 Å². The second kappa shape index (κ2) is 12.6. The van der Waals surface area contributed by atoms with Crippen molar-refractivity contribution in [2.45, 2.75) is 53.2 Å². The third kappa shape index (κ3) is 7.22. The van der Waals surface area contributed by atoms with Crippen molar-refractivity contribution in [2.75, 3.05) is 13.1 Å². The molecular weight excluding hydrogens is 458 g/mol. The molecule has 0 aliphatic heterocycles. The Labute approximate surface area is 214 Å². The zero-order valence-corrected chi connectivity index (χ0v) is 21.9. The normalized spacial score (nSPS) is 11.9. The van der Waals surface area contributed by atoms with Crippen LogP contribution in [0, 0.1) is 5.92 Å². The number of benzene rings is 2. The van der Waals surface area contributed by atoms with Crippen LogP contribution in [0.4, 0.5) is 0 Å². The summed E-state index contributed by atoms with van der Waals surface area (Å²) >= 11 is 6.38. The summed E-state index contributed by atoms with van der Waals surface area (Å²) in [4.78, 5) is 30.4. The van der Waals surface area contributed by atoms with Gasteiger partial charge >= 0.3 is 0 Å². The zero-order chi connectivity index (χ0) is 25.4. The van der Waals surface area contributed by atoms with Crippen LogP contribution in [0.1, 0.15) is 55.7 Å². The van der Waals surface area contributed by atoms with Crippen LogP contribution >= 0.6 is 11.6 Å². The number of nitrogens with zero attached hydrogens (tertiary/aromatic N) is 3. The monoisotopic (exact) mass is 493 g/mol. The Morgan fingerprint density at radius 2 is 1.63 bits per heavy atom. The lowest BCUT2D eigenvalue weighted by atomic mass is 10.1. The molecular formula is C29H36ClN3O2. The molecule has 35 heavy (non-hydrogen) atoms. The van der Waals surface area contributed by atoms with E-state index in [1.54, 1.807) is 17.0 Å². The van der Waals surface area contributed by atoms with Gasteiger partial charge in [-0.2, -0.15) is 0 Å². The van der Waals surface area contributed by atoms with Crippen LogP contribution in [0.5, 0.6) is 0 Å². The highest BCUT2D eigenvalue weighted by Gasteiger charge is 2.26. The average Bonchev–Trinajstić information content (AvgIpc) is 3.29. The molecule has 0 aliphatic carbocycles. The summed E-state index contributed by atoms with van der Waals surface area (Å²) in [5, 5.41) is 0.728. The van der Waals surface area contributed by atoms with Crippen LogP contribution in [-0.4, -0.2) is 45.3 Å². The number of aromatic nitrogens is 1. The van der Waals surface area contributed by atoms with Gasteiger partial charge in [0.05, 0.1) is 6.54 Å². The molecule has 0 bridgehead atoms. The fourth-order valence-corrected chi connectivity index (χ4v) is 4.28. The molecule has 2 aromatic carbocycles. The van der Waals surface area contributed by atoms with Gasteiger partial charge in [0.1, 0.15) is 6.54 Å². The number of halogens is 1. The van der Waals surface area contributed by atoms with E-state index in [9.17, 15) is 9.59 Å². The number of rotatable bonds is 11. The molecule has 1 aromatic heterocycles. The van der Waals surface area contributed by atoms with Gasteiger partial charge in [0.15, 0.2) is 0 Å². The van der Waals surface area contributed by atoms with Gasteiger partial charge in [-0.05, 0) is 55.2 Å².